The average Bonchev–Trinajstić information content (AvgIpc) is 3.11. The van der Waals surface area contributed by atoms with Crippen molar-refractivity contribution >= 4 is 34.5 Å². The second-order valence-electron chi connectivity index (χ2n) is 10.8. The molecular weight excluding hydrogens is 402 g/mol. The molecule has 2 heteroatoms. The topological polar surface area (TPSA) is 14.3 Å². The maximum absolute atomic E-state index is 6.57. The van der Waals surface area contributed by atoms with Gasteiger partial charge >= 0.3 is 5.76 Å². The summed E-state index contributed by atoms with van der Waals surface area (Å²) in [4.78, 5) is 0. The molecule has 0 bridgehead atoms. The number of nitrogens with zero attached hydrogens (tertiary/aromatic N) is 1. The minimum atomic E-state index is 0.0155. The molecule has 168 valence electrons. The number of benzene rings is 3. The lowest BCUT2D eigenvalue weighted by molar-refractivity contribution is -0.420. The predicted molar refractivity (Wildman–Crippen MR) is 140 cm³/mol. The molecule has 0 radical (unpaired) electrons. The van der Waals surface area contributed by atoms with Crippen LogP contribution in [0.3, 0.4) is 0 Å². The summed E-state index contributed by atoms with van der Waals surface area (Å²) >= 11 is 0. The van der Waals surface area contributed by atoms with Crippen molar-refractivity contribution in [1.29, 1.82) is 0 Å². The third kappa shape index (κ3) is 3.58. The summed E-state index contributed by atoms with van der Waals surface area (Å²) in [5, 5.41) is 3.76. The second kappa shape index (κ2) is 7.66. The molecule has 33 heavy (non-hydrogen) atoms. The van der Waals surface area contributed by atoms with Crippen LogP contribution in [0.25, 0.3) is 27.8 Å². The molecule has 2 heterocycles. The molecule has 0 saturated heterocycles. The SMILES string of the molecule is C=[N+]1C=Cc2c([o+][c-]3cc(CC(C)C)ccc23)[C-]1c1cc(C(C)(C)C)c2ccccc2c1C. The third-order valence-electron chi connectivity index (χ3n) is 6.74. The highest BCUT2D eigenvalue weighted by Crippen LogP contribution is 2.43. The summed E-state index contributed by atoms with van der Waals surface area (Å²) < 4.78 is 8.53. The number of hydrogen-bond donors (Lipinski definition) is 0. The van der Waals surface area contributed by atoms with E-state index in [1.807, 2.05) is 4.58 Å². The third-order valence-corrected chi connectivity index (χ3v) is 6.74. The summed E-state index contributed by atoms with van der Waals surface area (Å²) in [6.07, 6.45) is 5.23. The largest absolute Gasteiger partial charge is 0.318 e. The van der Waals surface area contributed by atoms with Crippen molar-refractivity contribution in [1.82, 2.24) is 0 Å². The van der Waals surface area contributed by atoms with Crippen molar-refractivity contribution in [2.24, 2.45) is 5.92 Å². The molecule has 0 fully saturated rings. The van der Waals surface area contributed by atoms with Gasteiger partial charge in [-0.15, -0.1) is 17.7 Å². The fraction of sp³-hybridized carbons (Fsp3) is 0.290. The van der Waals surface area contributed by atoms with Crippen LogP contribution in [0.15, 0.2) is 59.1 Å². The van der Waals surface area contributed by atoms with Crippen molar-refractivity contribution in [3.05, 3.63) is 94.4 Å². The second-order valence-corrected chi connectivity index (χ2v) is 10.8. The molecule has 1 aliphatic heterocycles. The van der Waals surface area contributed by atoms with Crippen LogP contribution in [0.1, 0.15) is 68.2 Å². The summed E-state index contributed by atoms with van der Waals surface area (Å²) in [5.74, 6) is 1.52. The van der Waals surface area contributed by atoms with E-state index in [0.717, 1.165) is 34.8 Å². The Hall–Kier alpha value is -3.26. The Labute approximate surface area is 197 Å². The quantitative estimate of drug-likeness (QED) is 0.181. The van der Waals surface area contributed by atoms with E-state index in [1.54, 1.807) is 0 Å². The Morgan fingerprint density at radius 1 is 1.06 bits per heavy atom. The van der Waals surface area contributed by atoms with Crippen molar-refractivity contribution in [2.75, 3.05) is 0 Å². The van der Waals surface area contributed by atoms with Gasteiger partial charge in [0.2, 0.25) is 6.04 Å². The number of fused-ring (bicyclic) bond motifs is 4. The number of rotatable bonds is 3. The smallest absolute Gasteiger partial charge is 0.284 e. The van der Waals surface area contributed by atoms with Gasteiger partial charge in [-0.1, -0.05) is 89.4 Å². The summed E-state index contributed by atoms with van der Waals surface area (Å²) in [6.45, 7) is 17.9. The van der Waals surface area contributed by atoms with Crippen LogP contribution < -0.4 is 0 Å². The Balaban J connectivity index is 1.75. The Morgan fingerprint density at radius 3 is 2.48 bits per heavy atom. The molecule has 0 aliphatic carbocycles. The molecule has 3 aromatic carbocycles. The van der Waals surface area contributed by atoms with Crippen molar-refractivity contribution < 1.29 is 8.99 Å². The van der Waals surface area contributed by atoms with Crippen LogP contribution >= 0.6 is 0 Å². The Morgan fingerprint density at radius 2 is 1.79 bits per heavy atom. The monoisotopic (exact) mass is 435 g/mol. The predicted octanol–water partition coefficient (Wildman–Crippen LogP) is 8.02. The highest BCUT2D eigenvalue weighted by molar-refractivity contribution is 5.93. The first-order chi connectivity index (χ1) is 15.6. The molecule has 5 rings (SSSR count). The molecule has 0 amide bonds. The lowest BCUT2D eigenvalue weighted by Gasteiger charge is -2.28. The number of hydrogen-bond acceptors (Lipinski definition) is 0. The van der Waals surface area contributed by atoms with Gasteiger partial charge in [0, 0.05) is 5.56 Å². The van der Waals surface area contributed by atoms with Crippen LogP contribution in [0.2, 0.25) is 0 Å². The van der Waals surface area contributed by atoms with E-state index in [-0.39, 0.29) is 5.41 Å². The molecule has 1 aromatic heterocycles. The molecule has 0 atom stereocenters. The van der Waals surface area contributed by atoms with Gasteiger partial charge in [0.15, 0.2) is 0 Å². The minimum Gasteiger partial charge on any atom is -0.284 e. The van der Waals surface area contributed by atoms with Crippen LogP contribution in [0, 0.1) is 18.9 Å². The molecular formula is C31H33NO. The van der Waals surface area contributed by atoms with Gasteiger partial charge < -0.3 is 0 Å². The zero-order chi connectivity index (χ0) is 23.5. The average molecular weight is 436 g/mol. The summed E-state index contributed by atoms with van der Waals surface area (Å²) in [5.41, 5.74) is 7.20. The first-order valence-corrected chi connectivity index (χ1v) is 11.9. The van der Waals surface area contributed by atoms with Gasteiger partial charge in [-0.3, -0.25) is 8.99 Å². The standard InChI is InChI=1S/C31H33NO/c1-19(2)16-21-12-13-24-25-14-15-32(7)29(30(25)33-28(24)17-21)26-18-27(31(4,5)6)23-11-9-8-10-22(23)20(26)3/h8-15,17-19H,7,16H2,1-6H3. The van der Waals surface area contributed by atoms with E-state index >= 15 is 0 Å². The highest BCUT2D eigenvalue weighted by atomic mass is 16.3. The normalized spacial score (nSPS) is 14.0. The fourth-order valence-corrected chi connectivity index (χ4v) is 5.13. The molecule has 0 spiro atoms. The minimum absolute atomic E-state index is 0.0155. The Bertz CT molecular complexity index is 1430. The molecule has 1 aliphatic rings. The molecule has 2 nitrogen and oxygen atoms in total. The number of aryl methyl sites for hydroxylation is 1. The maximum atomic E-state index is 6.57. The van der Waals surface area contributed by atoms with E-state index in [2.05, 4.69) is 109 Å². The van der Waals surface area contributed by atoms with E-state index in [9.17, 15) is 0 Å². The van der Waals surface area contributed by atoms with Gasteiger partial charge in [-0.25, -0.2) is 0 Å². The summed E-state index contributed by atoms with van der Waals surface area (Å²) in [6, 6.07) is 18.8. The Kier molecular flexibility index (Phi) is 5.01. The zero-order valence-corrected chi connectivity index (χ0v) is 20.6. The molecule has 4 aromatic rings. The molecule has 0 unspecified atom stereocenters. The summed E-state index contributed by atoms with van der Waals surface area (Å²) in [7, 11) is 0. The number of furan rings is 1. The molecule has 0 saturated carbocycles. The first-order valence-electron chi connectivity index (χ1n) is 11.9. The van der Waals surface area contributed by atoms with Gasteiger partial charge in [0.25, 0.3) is 5.58 Å². The lowest BCUT2D eigenvalue weighted by Crippen LogP contribution is -2.21. The van der Waals surface area contributed by atoms with Gasteiger partial charge in [0.1, 0.15) is 6.20 Å². The highest BCUT2D eigenvalue weighted by Gasteiger charge is 2.36. The maximum Gasteiger partial charge on any atom is 0.318 e. The van der Waals surface area contributed by atoms with E-state index in [4.69, 9.17) is 4.42 Å². The van der Waals surface area contributed by atoms with Crippen molar-refractivity contribution in [3.8, 4) is 0 Å². The van der Waals surface area contributed by atoms with Gasteiger partial charge in [-0.2, -0.15) is 0 Å². The van der Waals surface area contributed by atoms with Crippen LogP contribution in [0.4, 0.5) is 0 Å². The zero-order valence-electron chi connectivity index (χ0n) is 20.6. The van der Waals surface area contributed by atoms with Crippen molar-refractivity contribution in [2.45, 2.75) is 53.4 Å². The van der Waals surface area contributed by atoms with Crippen molar-refractivity contribution in [3.63, 3.8) is 0 Å². The van der Waals surface area contributed by atoms with Crippen LogP contribution in [-0.4, -0.2) is 11.3 Å². The first kappa shape index (κ1) is 21.6. The van der Waals surface area contributed by atoms with Gasteiger partial charge in [0.05, 0.1) is 6.72 Å². The van der Waals surface area contributed by atoms with E-state index in [1.165, 1.54) is 33.0 Å². The van der Waals surface area contributed by atoms with Crippen LogP contribution in [-0.2, 0) is 11.8 Å². The van der Waals surface area contributed by atoms with Crippen LogP contribution in [0.5, 0.6) is 0 Å². The molecule has 0 N–H and O–H groups in total. The van der Waals surface area contributed by atoms with E-state index < -0.39 is 0 Å². The fourth-order valence-electron chi connectivity index (χ4n) is 5.13. The van der Waals surface area contributed by atoms with Gasteiger partial charge in [-0.05, 0) is 45.2 Å². The lowest BCUT2D eigenvalue weighted by atomic mass is 9.79. The van der Waals surface area contributed by atoms with E-state index in [0.29, 0.717) is 5.92 Å².